The summed E-state index contributed by atoms with van der Waals surface area (Å²) in [6.07, 6.45) is 2.96. The summed E-state index contributed by atoms with van der Waals surface area (Å²) in [7, 11) is 0. The molecule has 0 bridgehead atoms. The molecule has 0 N–H and O–H groups in total. The first-order valence-electron chi connectivity index (χ1n) is 8.20. The summed E-state index contributed by atoms with van der Waals surface area (Å²) >= 11 is 0. The lowest BCUT2D eigenvalue weighted by atomic mass is 10.1. The molecule has 25 heavy (non-hydrogen) atoms. The molecule has 1 aromatic heterocycles. The summed E-state index contributed by atoms with van der Waals surface area (Å²) in [5, 5.41) is 11.2. The molecule has 128 valence electrons. The van der Waals surface area contributed by atoms with Crippen LogP contribution in [0.5, 0.6) is 0 Å². The van der Waals surface area contributed by atoms with E-state index >= 15 is 0 Å². The van der Waals surface area contributed by atoms with E-state index < -0.39 is 24.0 Å². The molecule has 1 saturated carbocycles. The highest BCUT2D eigenvalue weighted by Gasteiger charge is 2.48. The van der Waals surface area contributed by atoms with Crippen LogP contribution in [0.1, 0.15) is 19.3 Å². The monoisotopic (exact) mass is 342 g/mol. The molecule has 2 amide bonds. The zero-order valence-electron chi connectivity index (χ0n) is 13.4. The highest BCUT2D eigenvalue weighted by molar-refractivity contribution is 6.04. The zero-order valence-corrected chi connectivity index (χ0v) is 13.4. The number of alkyl halides is 2. The van der Waals surface area contributed by atoms with Gasteiger partial charge < -0.3 is 4.90 Å². The number of hydrogen-bond donors (Lipinski definition) is 0. The fourth-order valence-corrected chi connectivity index (χ4v) is 3.78. The highest BCUT2D eigenvalue weighted by atomic mass is 19.3. The molecule has 0 unspecified atom stereocenters. The van der Waals surface area contributed by atoms with Crippen molar-refractivity contribution in [2.45, 2.75) is 37.3 Å². The summed E-state index contributed by atoms with van der Waals surface area (Å²) in [5.41, 5.74) is 0.543. The number of rotatable bonds is 2. The number of nitriles is 1. The molecule has 2 heterocycles. The van der Waals surface area contributed by atoms with Crippen molar-refractivity contribution in [1.29, 1.82) is 5.26 Å². The van der Waals surface area contributed by atoms with Crippen molar-refractivity contribution in [3.05, 3.63) is 36.7 Å². The molecule has 0 radical (unpaired) electrons. The quantitative estimate of drug-likeness (QED) is 0.838. The Hall–Kier alpha value is -2.75. The Morgan fingerprint density at radius 2 is 2.08 bits per heavy atom. The minimum absolute atomic E-state index is 0.138. The molecule has 1 saturated heterocycles. The average Bonchev–Trinajstić information content (AvgIpc) is 3.13. The molecule has 2 atom stereocenters. The van der Waals surface area contributed by atoms with Crippen LogP contribution in [-0.4, -0.2) is 40.5 Å². The van der Waals surface area contributed by atoms with Crippen LogP contribution in [0.25, 0.3) is 10.8 Å². The van der Waals surface area contributed by atoms with E-state index in [1.807, 2.05) is 24.3 Å². The first-order chi connectivity index (χ1) is 12.0. The van der Waals surface area contributed by atoms with E-state index in [0.29, 0.717) is 5.69 Å². The average molecular weight is 342 g/mol. The van der Waals surface area contributed by atoms with Gasteiger partial charge in [-0.1, -0.05) is 24.3 Å². The van der Waals surface area contributed by atoms with Crippen molar-refractivity contribution in [1.82, 2.24) is 9.88 Å². The van der Waals surface area contributed by atoms with Crippen molar-refractivity contribution in [2.24, 2.45) is 0 Å². The number of fused-ring (bicyclic) bond motifs is 1. The lowest BCUT2D eigenvalue weighted by Crippen LogP contribution is -2.39. The van der Waals surface area contributed by atoms with Crippen LogP contribution in [-0.2, 0) is 0 Å². The van der Waals surface area contributed by atoms with Crippen LogP contribution in [0.2, 0.25) is 0 Å². The standard InChI is InChI=1S/C18H16F2N4O/c19-18(20)6-5-13(7-18)23-11-14(8-21)24(17(23)25)16-10-22-9-12-3-1-2-4-15(12)16/h1-4,9-10,13-14H,5-7,11H2/t13-,14-/m0/s1. The number of carbonyl (C=O) groups is 1. The van der Waals surface area contributed by atoms with Crippen LogP contribution in [0, 0.1) is 11.3 Å². The first kappa shape index (κ1) is 15.8. The number of pyridine rings is 1. The van der Waals surface area contributed by atoms with Gasteiger partial charge in [0.1, 0.15) is 6.04 Å². The summed E-state index contributed by atoms with van der Waals surface area (Å²) in [6.45, 7) is 0.138. The highest BCUT2D eigenvalue weighted by Crippen LogP contribution is 2.40. The van der Waals surface area contributed by atoms with E-state index in [9.17, 15) is 18.8 Å². The van der Waals surface area contributed by atoms with Gasteiger partial charge in [-0.3, -0.25) is 9.88 Å². The van der Waals surface area contributed by atoms with E-state index in [1.165, 1.54) is 9.80 Å². The number of anilines is 1. The minimum Gasteiger partial charge on any atom is -0.318 e. The lowest BCUT2D eigenvalue weighted by molar-refractivity contribution is 0.00359. The molecule has 2 aliphatic rings. The lowest BCUT2D eigenvalue weighted by Gasteiger charge is -2.24. The fraction of sp³-hybridized carbons (Fsp3) is 0.389. The van der Waals surface area contributed by atoms with Gasteiger partial charge in [-0.25, -0.2) is 13.6 Å². The number of carbonyl (C=O) groups excluding carboxylic acids is 1. The topological polar surface area (TPSA) is 60.2 Å². The van der Waals surface area contributed by atoms with Crippen LogP contribution < -0.4 is 4.90 Å². The maximum Gasteiger partial charge on any atom is 0.326 e. The summed E-state index contributed by atoms with van der Waals surface area (Å²) in [5.74, 6) is -2.73. The number of benzene rings is 1. The van der Waals surface area contributed by atoms with Gasteiger partial charge in [0, 0.05) is 35.9 Å². The predicted octanol–water partition coefficient (Wildman–Crippen LogP) is 3.56. The molecule has 1 aliphatic heterocycles. The number of amides is 2. The minimum atomic E-state index is -2.73. The first-order valence-corrected chi connectivity index (χ1v) is 8.20. The maximum absolute atomic E-state index is 13.6. The Morgan fingerprint density at radius 1 is 1.28 bits per heavy atom. The van der Waals surface area contributed by atoms with E-state index in [1.54, 1.807) is 12.4 Å². The van der Waals surface area contributed by atoms with Crippen LogP contribution in [0.15, 0.2) is 36.7 Å². The molecule has 2 aromatic rings. The van der Waals surface area contributed by atoms with Crippen LogP contribution >= 0.6 is 0 Å². The molecule has 1 aromatic carbocycles. The Morgan fingerprint density at radius 3 is 2.80 bits per heavy atom. The molecular formula is C18H16F2N4O. The van der Waals surface area contributed by atoms with E-state index in [2.05, 4.69) is 11.1 Å². The Labute approximate surface area is 143 Å². The van der Waals surface area contributed by atoms with Crippen molar-refractivity contribution in [2.75, 3.05) is 11.4 Å². The number of halogens is 2. The van der Waals surface area contributed by atoms with Crippen LogP contribution in [0.4, 0.5) is 19.3 Å². The predicted molar refractivity (Wildman–Crippen MR) is 88.3 cm³/mol. The third-order valence-electron chi connectivity index (χ3n) is 5.01. The van der Waals surface area contributed by atoms with Crippen molar-refractivity contribution in [3.63, 3.8) is 0 Å². The Kier molecular flexibility index (Phi) is 3.57. The van der Waals surface area contributed by atoms with E-state index in [0.717, 1.165) is 10.8 Å². The second kappa shape index (κ2) is 5.66. The van der Waals surface area contributed by atoms with Crippen molar-refractivity contribution in [3.8, 4) is 6.07 Å². The maximum atomic E-state index is 13.6. The summed E-state index contributed by atoms with van der Waals surface area (Å²) < 4.78 is 27.1. The van der Waals surface area contributed by atoms with Crippen molar-refractivity contribution >= 4 is 22.5 Å². The molecule has 2 fully saturated rings. The second-order valence-electron chi connectivity index (χ2n) is 6.58. The van der Waals surface area contributed by atoms with Gasteiger partial charge in [0.2, 0.25) is 5.92 Å². The number of nitrogens with zero attached hydrogens (tertiary/aromatic N) is 4. The molecular weight excluding hydrogens is 326 g/mol. The fourth-order valence-electron chi connectivity index (χ4n) is 3.78. The van der Waals surface area contributed by atoms with Crippen LogP contribution in [0.3, 0.4) is 0 Å². The third-order valence-corrected chi connectivity index (χ3v) is 5.01. The number of urea groups is 1. The van der Waals surface area contributed by atoms with Gasteiger partial charge in [0.15, 0.2) is 0 Å². The number of hydrogen-bond acceptors (Lipinski definition) is 3. The van der Waals surface area contributed by atoms with Crippen molar-refractivity contribution < 1.29 is 13.6 Å². The van der Waals surface area contributed by atoms with E-state index in [4.69, 9.17) is 0 Å². The second-order valence-corrected chi connectivity index (χ2v) is 6.58. The molecule has 0 spiro atoms. The molecule has 5 nitrogen and oxygen atoms in total. The largest absolute Gasteiger partial charge is 0.326 e. The van der Waals surface area contributed by atoms with Gasteiger partial charge in [0.25, 0.3) is 0 Å². The van der Waals surface area contributed by atoms with Gasteiger partial charge >= 0.3 is 6.03 Å². The van der Waals surface area contributed by atoms with Gasteiger partial charge in [0.05, 0.1) is 24.5 Å². The normalized spacial score (nSPS) is 25.6. The molecule has 7 heteroatoms. The third kappa shape index (κ3) is 2.58. The zero-order chi connectivity index (χ0) is 17.6. The Balaban J connectivity index is 1.72. The summed E-state index contributed by atoms with van der Waals surface area (Å²) in [4.78, 5) is 19.9. The van der Waals surface area contributed by atoms with Gasteiger partial charge in [-0.2, -0.15) is 5.26 Å². The smallest absolute Gasteiger partial charge is 0.318 e. The molecule has 4 rings (SSSR count). The molecule has 1 aliphatic carbocycles. The summed E-state index contributed by atoms with van der Waals surface area (Å²) in [6, 6.07) is 7.96. The number of aromatic nitrogens is 1. The van der Waals surface area contributed by atoms with Gasteiger partial charge in [-0.05, 0) is 6.42 Å². The van der Waals surface area contributed by atoms with E-state index in [-0.39, 0.29) is 25.8 Å². The SMILES string of the molecule is N#C[C@H]1CN([C@H]2CCC(F)(F)C2)C(=O)N1c1cncc2ccccc12. The Bertz CT molecular complexity index is 874. The van der Waals surface area contributed by atoms with Gasteiger partial charge in [-0.15, -0.1) is 0 Å².